The Morgan fingerprint density at radius 3 is 1.70 bits per heavy atom. The van der Waals surface area contributed by atoms with Gasteiger partial charge in [0.2, 0.25) is 0 Å². The Bertz CT molecular complexity index is 352. The first-order chi connectivity index (χ1) is 10.2. The van der Waals surface area contributed by atoms with Gasteiger partial charge in [0.05, 0.1) is 0 Å². The summed E-state index contributed by atoms with van der Waals surface area (Å²) in [6.07, 6.45) is 3.12. The Morgan fingerprint density at radius 2 is 1.35 bits per heavy atom. The molecule has 0 spiro atoms. The molecule has 0 bridgehead atoms. The van der Waals surface area contributed by atoms with Gasteiger partial charge in [-0.15, -0.1) is 0 Å². The molecule has 23 heavy (non-hydrogen) atoms. The molecule has 0 saturated carbocycles. The van der Waals surface area contributed by atoms with Gasteiger partial charge in [-0.1, -0.05) is 6.42 Å². The smallest absolute Gasteiger partial charge is 0.320 e. The summed E-state index contributed by atoms with van der Waals surface area (Å²) < 4.78 is 0. The van der Waals surface area contributed by atoms with Crippen molar-refractivity contribution in [2.45, 2.75) is 44.2 Å². The Kier molecular flexibility index (Phi) is 19.6. The van der Waals surface area contributed by atoms with Crippen molar-refractivity contribution < 1.29 is 36.9 Å². The van der Waals surface area contributed by atoms with Gasteiger partial charge in [0, 0.05) is 23.6 Å². The molecular weight excluding hydrogens is 348 g/mol. The zero-order valence-corrected chi connectivity index (χ0v) is 14.1. The van der Waals surface area contributed by atoms with Gasteiger partial charge < -0.3 is 38.9 Å². The summed E-state index contributed by atoms with van der Waals surface area (Å²) in [5, 5.41) is 16.7. The number of carbonyl (C=O) groups is 2. The third kappa shape index (κ3) is 20.6. The molecule has 0 rings (SSSR count). The molecule has 0 amide bonds. The van der Waals surface area contributed by atoms with Gasteiger partial charge in [0.1, 0.15) is 12.1 Å². The van der Waals surface area contributed by atoms with E-state index in [1.54, 1.807) is 0 Å². The van der Waals surface area contributed by atoms with E-state index in [2.05, 4.69) is 4.99 Å². The van der Waals surface area contributed by atoms with Gasteiger partial charge in [-0.25, -0.2) is 0 Å². The zero-order chi connectivity index (χ0) is 17.5. The molecule has 138 valence electrons. The molecule has 2 unspecified atom stereocenters. The summed E-state index contributed by atoms with van der Waals surface area (Å²) >= 11 is 0. The largest absolute Gasteiger partial charge is 0.480 e. The molecule has 0 aromatic carbocycles. The second-order valence-corrected chi connectivity index (χ2v) is 4.62. The monoisotopic (exact) mass is 376 g/mol. The van der Waals surface area contributed by atoms with Crippen molar-refractivity contribution >= 4 is 17.9 Å². The molecule has 0 aliphatic carbocycles. The predicted molar refractivity (Wildman–Crippen MR) is 84.0 cm³/mol. The van der Waals surface area contributed by atoms with E-state index >= 15 is 0 Å². The maximum Gasteiger partial charge on any atom is 0.320 e. The standard InChI is InChI=1S/C6H14N4O2.C6H14N2O2.Fe/c7-4(5(11)12)2-1-3-10-6(8)9;7-4-2-1-3-5(8)6(9)10;/h4H,1-3,7H2,(H,11,12)(H4,8,9,10);5H,1-4,7-8H2,(H,9,10);. The van der Waals surface area contributed by atoms with E-state index < -0.39 is 24.0 Å². The van der Waals surface area contributed by atoms with Gasteiger partial charge in [0.15, 0.2) is 5.96 Å². The van der Waals surface area contributed by atoms with Crippen LogP contribution in [0.2, 0.25) is 0 Å². The van der Waals surface area contributed by atoms with Crippen LogP contribution in [-0.4, -0.2) is 53.3 Å². The fraction of sp³-hybridized carbons (Fsp3) is 0.750. The Balaban J connectivity index is -0.000000338. The molecule has 10 nitrogen and oxygen atoms in total. The van der Waals surface area contributed by atoms with Crippen LogP contribution in [0, 0.1) is 0 Å². The number of carboxylic acid groups (broad SMARTS) is 2. The van der Waals surface area contributed by atoms with Gasteiger partial charge >= 0.3 is 11.9 Å². The quantitative estimate of drug-likeness (QED) is 0.0966. The SMILES string of the molecule is NC(N)=NCCCC(N)C(=O)O.NCCCCC(N)C(=O)O.[Fe]. The topological polar surface area (TPSA) is 217 Å². The summed E-state index contributed by atoms with van der Waals surface area (Å²) in [6.45, 7) is 1.02. The van der Waals surface area contributed by atoms with Crippen molar-refractivity contribution in [1.82, 2.24) is 0 Å². The first-order valence-electron chi connectivity index (χ1n) is 6.94. The van der Waals surface area contributed by atoms with E-state index in [4.69, 9.17) is 38.9 Å². The molecule has 0 aromatic heterocycles. The molecule has 0 aromatic rings. The number of nitrogens with zero attached hydrogens (tertiary/aromatic N) is 1. The molecular formula is C12H28FeN6O4. The Labute approximate surface area is 146 Å². The minimum atomic E-state index is -1.00. The van der Waals surface area contributed by atoms with Crippen LogP contribution in [0.25, 0.3) is 0 Å². The average Bonchev–Trinajstić information content (AvgIpc) is 2.43. The molecule has 2 atom stereocenters. The minimum Gasteiger partial charge on any atom is -0.480 e. The van der Waals surface area contributed by atoms with Crippen molar-refractivity contribution in [3.8, 4) is 0 Å². The minimum absolute atomic E-state index is 0. The van der Waals surface area contributed by atoms with Crippen LogP contribution in [0.4, 0.5) is 0 Å². The van der Waals surface area contributed by atoms with Crippen LogP contribution in [-0.2, 0) is 26.7 Å². The summed E-state index contributed by atoms with van der Waals surface area (Å²) in [6, 6.07) is -1.54. The molecule has 11 heteroatoms. The van der Waals surface area contributed by atoms with Crippen molar-refractivity contribution in [3.05, 3.63) is 0 Å². The molecule has 0 fully saturated rings. The first kappa shape index (κ1) is 26.5. The predicted octanol–water partition coefficient (Wildman–Crippen LogP) is -2.02. The zero-order valence-electron chi connectivity index (χ0n) is 13.0. The molecule has 0 heterocycles. The van der Waals surface area contributed by atoms with Crippen molar-refractivity contribution in [3.63, 3.8) is 0 Å². The van der Waals surface area contributed by atoms with Gasteiger partial charge in [-0.05, 0) is 32.2 Å². The number of nitrogens with two attached hydrogens (primary N) is 5. The second kappa shape index (κ2) is 17.0. The molecule has 0 radical (unpaired) electrons. The van der Waals surface area contributed by atoms with Crippen LogP contribution in [0.15, 0.2) is 4.99 Å². The number of guanidine groups is 1. The Hall–Kier alpha value is -1.39. The van der Waals surface area contributed by atoms with Crippen molar-refractivity contribution in [2.24, 2.45) is 33.7 Å². The number of carboxylic acids is 2. The fourth-order valence-corrected chi connectivity index (χ4v) is 1.27. The summed E-state index contributed by atoms with van der Waals surface area (Å²) in [5.74, 6) is -1.92. The molecule has 0 saturated heterocycles. The fourth-order valence-electron chi connectivity index (χ4n) is 1.27. The summed E-state index contributed by atoms with van der Waals surface area (Å²) in [4.78, 5) is 24.0. The van der Waals surface area contributed by atoms with Crippen molar-refractivity contribution in [1.29, 1.82) is 0 Å². The number of rotatable bonds is 10. The van der Waals surface area contributed by atoms with E-state index in [-0.39, 0.29) is 23.0 Å². The van der Waals surface area contributed by atoms with Gasteiger partial charge in [-0.2, -0.15) is 0 Å². The molecule has 0 aliphatic heterocycles. The molecule has 0 aliphatic rings. The van der Waals surface area contributed by atoms with E-state index in [0.717, 1.165) is 12.8 Å². The third-order valence-corrected chi connectivity index (χ3v) is 2.57. The van der Waals surface area contributed by atoms with Crippen LogP contribution >= 0.6 is 0 Å². The van der Waals surface area contributed by atoms with Gasteiger partial charge in [-0.3, -0.25) is 14.6 Å². The normalized spacial score (nSPS) is 12.0. The summed E-state index contributed by atoms with van der Waals surface area (Å²) in [5.41, 5.74) is 25.7. The third-order valence-electron chi connectivity index (χ3n) is 2.57. The van der Waals surface area contributed by atoms with E-state index in [9.17, 15) is 9.59 Å². The van der Waals surface area contributed by atoms with Crippen LogP contribution in [0.5, 0.6) is 0 Å². The Morgan fingerprint density at radius 1 is 0.913 bits per heavy atom. The van der Waals surface area contributed by atoms with Gasteiger partial charge in [0.25, 0.3) is 0 Å². The number of aliphatic imine (C=N–C) groups is 1. The summed E-state index contributed by atoms with van der Waals surface area (Å²) in [7, 11) is 0. The second-order valence-electron chi connectivity index (χ2n) is 4.62. The van der Waals surface area contributed by atoms with Crippen LogP contribution < -0.4 is 28.7 Å². The number of hydrogen-bond acceptors (Lipinski definition) is 6. The van der Waals surface area contributed by atoms with E-state index in [1.807, 2.05) is 0 Å². The average molecular weight is 376 g/mol. The maximum atomic E-state index is 10.2. The maximum absolute atomic E-state index is 10.2. The van der Waals surface area contributed by atoms with Crippen LogP contribution in [0.3, 0.4) is 0 Å². The van der Waals surface area contributed by atoms with Crippen LogP contribution in [0.1, 0.15) is 32.1 Å². The number of hydrogen-bond donors (Lipinski definition) is 7. The number of unbranched alkanes of at least 4 members (excludes halogenated alkanes) is 1. The van der Waals surface area contributed by atoms with Crippen molar-refractivity contribution in [2.75, 3.05) is 13.1 Å². The van der Waals surface area contributed by atoms with E-state index in [1.165, 1.54) is 0 Å². The van der Waals surface area contributed by atoms with E-state index in [0.29, 0.717) is 32.4 Å². The molecule has 12 N–H and O–H groups in total. The first-order valence-corrected chi connectivity index (χ1v) is 6.94. The number of aliphatic carboxylic acids is 2.